The van der Waals surface area contributed by atoms with E-state index in [-0.39, 0.29) is 5.91 Å². The number of morpholine rings is 1. The van der Waals surface area contributed by atoms with Gasteiger partial charge in [-0.2, -0.15) is 0 Å². The number of hydrogen-bond acceptors (Lipinski definition) is 6. The van der Waals surface area contributed by atoms with Gasteiger partial charge >= 0.3 is 0 Å². The molecule has 1 amide bonds. The van der Waals surface area contributed by atoms with Crippen LogP contribution >= 0.6 is 0 Å². The summed E-state index contributed by atoms with van der Waals surface area (Å²) in [6.07, 6.45) is 3.60. The number of hydrogen-bond donors (Lipinski definition) is 0. The molecular weight excluding hydrogens is 380 g/mol. The molecule has 0 unspecified atom stereocenters. The number of nitrogens with zero attached hydrogens (tertiary/aromatic N) is 4. The zero-order valence-corrected chi connectivity index (χ0v) is 17.4. The van der Waals surface area contributed by atoms with Crippen LogP contribution in [0.2, 0.25) is 0 Å². The van der Waals surface area contributed by atoms with Gasteiger partial charge in [-0.15, -0.1) is 0 Å². The van der Waals surface area contributed by atoms with Gasteiger partial charge in [0.2, 0.25) is 5.91 Å². The first-order valence-electron chi connectivity index (χ1n) is 10.7. The second-order valence-corrected chi connectivity index (χ2v) is 7.80. The van der Waals surface area contributed by atoms with Crippen LogP contribution in [0.3, 0.4) is 0 Å². The number of para-hydroxylation sites is 1. The lowest BCUT2D eigenvalue weighted by molar-refractivity contribution is -0.136. The third-order valence-electron chi connectivity index (χ3n) is 5.67. The standard InChI is InChI=1S/C23H30N4O3/c28-23(27-12-14-29-15-13-27)18-26-10-8-25(9-11-26)17-21-5-1-2-6-22(21)30-19-20-4-3-7-24-16-20/h1-7,16H,8-15,17-19H2. The van der Waals surface area contributed by atoms with Crippen LogP contribution in [0, 0.1) is 0 Å². The fourth-order valence-corrected chi connectivity index (χ4v) is 3.87. The first kappa shape index (κ1) is 20.8. The number of carbonyl (C=O) groups is 1. The molecule has 0 aliphatic carbocycles. The Bertz CT molecular complexity index is 803. The number of ether oxygens (including phenoxy) is 2. The molecule has 0 radical (unpaired) electrons. The molecule has 7 heteroatoms. The van der Waals surface area contributed by atoms with Gasteiger partial charge in [-0.3, -0.25) is 19.6 Å². The van der Waals surface area contributed by atoms with Gasteiger partial charge in [0.25, 0.3) is 0 Å². The van der Waals surface area contributed by atoms with Gasteiger partial charge in [-0.25, -0.2) is 0 Å². The third-order valence-corrected chi connectivity index (χ3v) is 5.67. The smallest absolute Gasteiger partial charge is 0.236 e. The van der Waals surface area contributed by atoms with Crippen LogP contribution in [0.5, 0.6) is 5.75 Å². The van der Waals surface area contributed by atoms with E-state index in [1.54, 1.807) is 6.20 Å². The van der Waals surface area contributed by atoms with E-state index in [1.807, 2.05) is 35.4 Å². The highest BCUT2D eigenvalue weighted by Crippen LogP contribution is 2.21. The maximum Gasteiger partial charge on any atom is 0.236 e. The van der Waals surface area contributed by atoms with Gasteiger partial charge in [-0.1, -0.05) is 24.3 Å². The van der Waals surface area contributed by atoms with E-state index >= 15 is 0 Å². The molecule has 0 bridgehead atoms. The molecule has 30 heavy (non-hydrogen) atoms. The minimum absolute atomic E-state index is 0.223. The average Bonchev–Trinajstić information content (AvgIpc) is 2.81. The number of rotatable bonds is 7. The highest BCUT2D eigenvalue weighted by molar-refractivity contribution is 5.78. The Balaban J connectivity index is 1.25. The van der Waals surface area contributed by atoms with Crippen LogP contribution in [-0.2, 0) is 22.7 Å². The fraction of sp³-hybridized carbons (Fsp3) is 0.478. The van der Waals surface area contributed by atoms with E-state index in [0.29, 0.717) is 39.5 Å². The Morgan fingerprint density at radius 2 is 1.73 bits per heavy atom. The molecule has 0 spiro atoms. The molecule has 1 aromatic heterocycles. The summed E-state index contributed by atoms with van der Waals surface area (Å²) >= 11 is 0. The lowest BCUT2D eigenvalue weighted by Gasteiger charge is -2.36. The van der Waals surface area contributed by atoms with E-state index < -0.39 is 0 Å². The summed E-state index contributed by atoms with van der Waals surface area (Å²) in [6.45, 7) is 8.35. The number of carbonyl (C=O) groups excluding carboxylic acids is 1. The van der Waals surface area contributed by atoms with Crippen molar-refractivity contribution in [2.45, 2.75) is 13.2 Å². The Morgan fingerprint density at radius 1 is 0.967 bits per heavy atom. The quantitative estimate of drug-likeness (QED) is 0.692. The molecule has 160 valence electrons. The molecule has 2 aliphatic rings. The zero-order valence-electron chi connectivity index (χ0n) is 17.4. The van der Waals surface area contributed by atoms with Crippen LogP contribution < -0.4 is 4.74 Å². The van der Waals surface area contributed by atoms with Crippen LogP contribution in [0.25, 0.3) is 0 Å². The Morgan fingerprint density at radius 3 is 2.50 bits per heavy atom. The molecule has 7 nitrogen and oxygen atoms in total. The lowest BCUT2D eigenvalue weighted by Crippen LogP contribution is -2.51. The fourth-order valence-electron chi connectivity index (χ4n) is 3.87. The normalized spacial score (nSPS) is 18.3. The Hall–Kier alpha value is -2.48. The van der Waals surface area contributed by atoms with Crippen molar-refractivity contribution in [1.29, 1.82) is 0 Å². The van der Waals surface area contributed by atoms with Gasteiger partial charge < -0.3 is 14.4 Å². The maximum absolute atomic E-state index is 12.5. The molecule has 2 fully saturated rings. The van der Waals surface area contributed by atoms with Crippen molar-refractivity contribution in [2.24, 2.45) is 0 Å². The summed E-state index contributed by atoms with van der Waals surface area (Å²) < 4.78 is 11.4. The predicted octanol–water partition coefficient (Wildman–Crippen LogP) is 1.64. The molecule has 2 aromatic rings. The first-order valence-corrected chi connectivity index (χ1v) is 10.7. The van der Waals surface area contributed by atoms with E-state index in [9.17, 15) is 4.79 Å². The van der Waals surface area contributed by atoms with Crippen molar-refractivity contribution in [3.63, 3.8) is 0 Å². The molecule has 1 aromatic carbocycles. The highest BCUT2D eigenvalue weighted by Gasteiger charge is 2.23. The molecule has 0 atom stereocenters. The number of amides is 1. The van der Waals surface area contributed by atoms with Crippen molar-refractivity contribution in [2.75, 3.05) is 59.0 Å². The number of benzene rings is 1. The van der Waals surface area contributed by atoms with Crippen molar-refractivity contribution in [3.8, 4) is 5.75 Å². The second-order valence-electron chi connectivity index (χ2n) is 7.80. The summed E-state index contributed by atoms with van der Waals surface area (Å²) in [6, 6.07) is 12.2. The van der Waals surface area contributed by atoms with E-state index in [4.69, 9.17) is 9.47 Å². The molecule has 3 heterocycles. The topological polar surface area (TPSA) is 58.1 Å². The van der Waals surface area contributed by atoms with Crippen LogP contribution in [0.4, 0.5) is 0 Å². The van der Waals surface area contributed by atoms with Gasteiger partial charge in [0, 0.05) is 69.3 Å². The molecule has 0 saturated carbocycles. The zero-order chi connectivity index (χ0) is 20.6. The van der Waals surface area contributed by atoms with Gasteiger partial charge in [-0.05, 0) is 12.1 Å². The predicted molar refractivity (Wildman–Crippen MR) is 114 cm³/mol. The second kappa shape index (κ2) is 10.5. The van der Waals surface area contributed by atoms with Crippen molar-refractivity contribution < 1.29 is 14.3 Å². The van der Waals surface area contributed by atoms with E-state index in [0.717, 1.165) is 44.0 Å². The lowest BCUT2D eigenvalue weighted by atomic mass is 10.1. The van der Waals surface area contributed by atoms with E-state index in [1.165, 1.54) is 5.56 Å². The average molecular weight is 411 g/mol. The maximum atomic E-state index is 12.5. The molecule has 4 rings (SSSR count). The summed E-state index contributed by atoms with van der Waals surface area (Å²) in [5.41, 5.74) is 2.25. The minimum Gasteiger partial charge on any atom is -0.489 e. The van der Waals surface area contributed by atoms with Crippen molar-refractivity contribution in [3.05, 3.63) is 59.9 Å². The third kappa shape index (κ3) is 5.78. The number of pyridine rings is 1. The van der Waals surface area contributed by atoms with E-state index in [2.05, 4.69) is 26.9 Å². The number of piperazine rings is 1. The molecule has 2 saturated heterocycles. The highest BCUT2D eigenvalue weighted by atomic mass is 16.5. The van der Waals surface area contributed by atoms with Crippen LogP contribution in [0.1, 0.15) is 11.1 Å². The monoisotopic (exact) mass is 410 g/mol. The Kier molecular flexibility index (Phi) is 7.29. The SMILES string of the molecule is O=C(CN1CCN(Cc2ccccc2OCc2cccnc2)CC1)N1CCOCC1. The van der Waals surface area contributed by atoms with Crippen LogP contribution in [0.15, 0.2) is 48.8 Å². The van der Waals surface area contributed by atoms with Gasteiger partial charge in [0.05, 0.1) is 19.8 Å². The van der Waals surface area contributed by atoms with Crippen molar-refractivity contribution in [1.82, 2.24) is 19.7 Å². The molecule has 2 aliphatic heterocycles. The summed E-state index contributed by atoms with van der Waals surface area (Å²) in [5, 5.41) is 0. The number of aromatic nitrogens is 1. The Labute approximate surface area is 178 Å². The van der Waals surface area contributed by atoms with Gasteiger partial charge in [0.15, 0.2) is 0 Å². The molecular formula is C23H30N4O3. The largest absolute Gasteiger partial charge is 0.489 e. The summed E-state index contributed by atoms with van der Waals surface area (Å²) in [7, 11) is 0. The van der Waals surface area contributed by atoms with Crippen LogP contribution in [-0.4, -0.2) is 84.6 Å². The van der Waals surface area contributed by atoms with Crippen molar-refractivity contribution >= 4 is 5.91 Å². The molecule has 0 N–H and O–H groups in total. The summed E-state index contributed by atoms with van der Waals surface area (Å²) in [4.78, 5) is 23.2. The van der Waals surface area contributed by atoms with Gasteiger partial charge in [0.1, 0.15) is 12.4 Å². The first-order chi connectivity index (χ1) is 14.8. The summed E-state index contributed by atoms with van der Waals surface area (Å²) in [5.74, 6) is 1.15. The minimum atomic E-state index is 0.223.